The lowest BCUT2D eigenvalue weighted by molar-refractivity contribution is -0.114. The van der Waals surface area contributed by atoms with Crippen LogP contribution < -0.4 is 9.47 Å². The summed E-state index contributed by atoms with van der Waals surface area (Å²) in [6.07, 6.45) is 1.64. The highest BCUT2D eigenvalue weighted by molar-refractivity contribution is 8.27. The molecular formula is C28H24N4O3S. The maximum absolute atomic E-state index is 12.8. The zero-order chi connectivity index (χ0) is 25.1. The van der Waals surface area contributed by atoms with Crippen molar-refractivity contribution in [3.05, 3.63) is 101 Å². The monoisotopic (exact) mass is 496 g/mol. The number of thioether (sulfide) groups is 1. The molecule has 5 rings (SSSR count). The SMILES string of the molecule is Cc1ccc(OCCOc2cccc(/C=C3/C(=N)N4N=C(c5ccc(C)cc5)SC4=NC3=O)c2)cc1. The Hall–Kier alpha value is -4.17. The van der Waals surface area contributed by atoms with Crippen LogP contribution in [-0.4, -0.2) is 40.2 Å². The number of carbonyl (C=O) groups is 1. The maximum atomic E-state index is 12.8. The molecule has 7 nitrogen and oxygen atoms in total. The van der Waals surface area contributed by atoms with E-state index >= 15 is 0 Å². The number of nitrogens with one attached hydrogen (secondary N) is 1. The normalized spacial score (nSPS) is 16.1. The summed E-state index contributed by atoms with van der Waals surface area (Å²) in [5.74, 6) is 0.979. The van der Waals surface area contributed by atoms with Gasteiger partial charge >= 0.3 is 0 Å². The summed E-state index contributed by atoms with van der Waals surface area (Å²) >= 11 is 1.29. The van der Waals surface area contributed by atoms with E-state index in [2.05, 4.69) is 10.1 Å². The van der Waals surface area contributed by atoms with Gasteiger partial charge in [0.1, 0.15) is 29.8 Å². The molecule has 1 N–H and O–H groups in total. The van der Waals surface area contributed by atoms with Crippen molar-refractivity contribution >= 4 is 39.8 Å². The molecule has 0 atom stereocenters. The molecule has 0 unspecified atom stereocenters. The van der Waals surface area contributed by atoms with E-state index in [1.54, 1.807) is 6.08 Å². The average molecular weight is 497 g/mol. The van der Waals surface area contributed by atoms with Crippen molar-refractivity contribution in [1.82, 2.24) is 5.01 Å². The van der Waals surface area contributed by atoms with Crippen molar-refractivity contribution in [2.45, 2.75) is 13.8 Å². The topological polar surface area (TPSA) is 87.3 Å². The van der Waals surface area contributed by atoms with E-state index < -0.39 is 5.91 Å². The fraction of sp³-hybridized carbons (Fsp3) is 0.143. The molecule has 0 aromatic heterocycles. The molecule has 180 valence electrons. The molecule has 3 aromatic carbocycles. The molecule has 0 saturated heterocycles. The molecule has 36 heavy (non-hydrogen) atoms. The Morgan fingerprint density at radius 1 is 0.917 bits per heavy atom. The minimum atomic E-state index is -0.461. The van der Waals surface area contributed by atoms with E-state index in [-0.39, 0.29) is 11.4 Å². The largest absolute Gasteiger partial charge is 0.490 e. The Labute approximate surface area is 213 Å². The fourth-order valence-electron chi connectivity index (χ4n) is 3.62. The Morgan fingerprint density at radius 2 is 1.58 bits per heavy atom. The number of aryl methyl sites for hydroxylation is 2. The van der Waals surface area contributed by atoms with Crippen LogP contribution in [0.3, 0.4) is 0 Å². The lowest BCUT2D eigenvalue weighted by atomic mass is 10.1. The van der Waals surface area contributed by atoms with Gasteiger partial charge in [0.25, 0.3) is 5.91 Å². The molecule has 0 bridgehead atoms. The van der Waals surface area contributed by atoms with Gasteiger partial charge in [-0.25, -0.2) is 0 Å². The number of rotatable bonds is 7. The Balaban J connectivity index is 1.26. The second-order valence-electron chi connectivity index (χ2n) is 8.37. The molecule has 0 saturated carbocycles. The molecule has 3 aromatic rings. The molecular weight excluding hydrogens is 472 g/mol. The first-order chi connectivity index (χ1) is 17.5. The van der Waals surface area contributed by atoms with Crippen LogP contribution in [0.15, 0.2) is 88.5 Å². The van der Waals surface area contributed by atoms with Gasteiger partial charge in [-0.15, -0.1) is 0 Å². The Bertz CT molecular complexity index is 1410. The molecule has 0 spiro atoms. The van der Waals surface area contributed by atoms with Crippen LogP contribution in [0.2, 0.25) is 0 Å². The number of benzene rings is 3. The first kappa shape index (κ1) is 23.6. The van der Waals surface area contributed by atoms with Crippen LogP contribution >= 0.6 is 11.8 Å². The molecule has 0 fully saturated rings. The van der Waals surface area contributed by atoms with Gasteiger partial charge in [0.2, 0.25) is 5.17 Å². The van der Waals surface area contributed by atoms with Crippen LogP contribution in [0.25, 0.3) is 6.08 Å². The smallest absolute Gasteiger partial charge is 0.283 e. The molecule has 8 heteroatoms. The van der Waals surface area contributed by atoms with Gasteiger partial charge in [-0.05, 0) is 61.5 Å². The van der Waals surface area contributed by atoms with E-state index in [4.69, 9.17) is 14.9 Å². The highest BCUT2D eigenvalue weighted by Gasteiger charge is 2.36. The Morgan fingerprint density at radius 3 is 2.31 bits per heavy atom. The summed E-state index contributed by atoms with van der Waals surface area (Å²) in [7, 11) is 0. The first-order valence-electron chi connectivity index (χ1n) is 11.5. The lowest BCUT2D eigenvalue weighted by Gasteiger charge is -2.20. The van der Waals surface area contributed by atoms with Crippen LogP contribution in [0.4, 0.5) is 0 Å². The van der Waals surface area contributed by atoms with Crippen molar-refractivity contribution in [3.8, 4) is 11.5 Å². The third kappa shape index (κ3) is 5.23. The quantitative estimate of drug-likeness (QED) is 0.348. The van der Waals surface area contributed by atoms with Gasteiger partial charge in [0.05, 0.1) is 5.57 Å². The van der Waals surface area contributed by atoms with Crippen molar-refractivity contribution < 1.29 is 14.3 Å². The van der Waals surface area contributed by atoms with Crippen molar-refractivity contribution in [2.24, 2.45) is 10.1 Å². The van der Waals surface area contributed by atoms with Gasteiger partial charge in [0, 0.05) is 5.56 Å². The molecule has 1 amide bonds. The highest BCUT2D eigenvalue weighted by Crippen LogP contribution is 2.31. The number of fused-ring (bicyclic) bond motifs is 1. The molecule has 2 aliphatic heterocycles. The number of carbonyl (C=O) groups excluding carboxylic acids is 1. The number of amides is 1. The number of hydrogen-bond donors (Lipinski definition) is 1. The number of hydrogen-bond acceptors (Lipinski definition) is 6. The predicted octanol–water partition coefficient (Wildman–Crippen LogP) is 5.43. The summed E-state index contributed by atoms with van der Waals surface area (Å²) in [6.45, 7) is 4.83. The molecule has 0 aliphatic carbocycles. The highest BCUT2D eigenvalue weighted by atomic mass is 32.2. The van der Waals surface area contributed by atoms with Gasteiger partial charge in [-0.1, -0.05) is 59.7 Å². The van der Waals surface area contributed by atoms with Crippen LogP contribution in [0.1, 0.15) is 22.3 Å². The molecule has 0 radical (unpaired) electrons. The van der Waals surface area contributed by atoms with E-state index in [0.29, 0.717) is 29.2 Å². The van der Waals surface area contributed by atoms with Crippen molar-refractivity contribution in [2.75, 3.05) is 13.2 Å². The van der Waals surface area contributed by atoms with Crippen molar-refractivity contribution in [3.63, 3.8) is 0 Å². The number of hydrazone groups is 1. The molecule has 2 heterocycles. The van der Waals surface area contributed by atoms with E-state index in [0.717, 1.165) is 22.4 Å². The van der Waals surface area contributed by atoms with E-state index in [1.807, 2.05) is 86.6 Å². The summed E-state index contributed by atoms with van der Waals surface area (Å²) in [5, 5.41) is 15.7. The van der Waals surface area contributed by atoms with Crippen LogP contribution in [0, 0.1) is 19.3 Å². The molecule has 2 aliphatic rings. The minimum absolute atomic E-state index is 0.00238. The van der Waals surface area contributed by atoms with Crippen LogP contribution in [0.5, 0.6) is 11.5 Å². The van der Waals surface area contributed by atoms with Gasteiger partial charge in [0.15, 0.2) is 5.84 Å². The summed E-state index contributed by atoms with van der Waals surface area (Å²) in [5.41, 5.74) is 4.15. The summed E-state index contributed by atoms with van der Waals surface area (Å²) in [4.78, 5) is 16.9. The zero-order valence-corrected chi connectivity index (χ0v) is 20.7. The maximum Gasteiger partial charge on any atom is 0.283 e. The third-order valence-corrected chi connectivity index (χ3v) is 6.52. The standard InChI is InChI=1S/C28H24N4O3S/c1-18-6-10-21(11-7-18)27-31-32-25(29)24(26(33)30-28(32)36-27)17-20-4-3-5-23(16-20)35-15-14-34-22-12-8-19(2)9-13-22/h3-13,16-17,29H,14-15H2,1-2H3/b24-17-,29-25?. The van der Waals surface area contributed by atoms with Gasteiger partial charge < -0.3 is 9.47 Å². The number of amidine groups is 2. The third-order valence-electron chi connectivity index (χ3n) is 5.56. The zero-order valence-electron chi connectivity index (χ0n) is 19.9. The number of aliphatic imine (C=N–C) groups is 1. The average Bonchev–Trinajstić information content (AvgIpc) is 3.30. The van der Waals surface area contributed by atoms with E-state index in [1.165, 1.54) is 22.3 Å². The van der Waals surface area contributed by atoms with Gasteiger partial charge in [-0.2, -0.15) is 15.1 Å². The first-order valence-corrected chi connectivity index (χ1v) is 12.3. The lowest BCUT2D eigenvalue weighted by Crippen LogP contribution is -2.35. The Kier molecular flexibility index (Phi) is 6.69. The number of ether oxygens (including phenoxy) is 2. The second kappa shape index (κ2) is 10.2. The van der Waals surface area contributed by atoms with Gasteiger partial charge in [-0.3, -0.25) is 10.2 Å². The number of nitrogens with zero attached hydrogens (tertiary/aromatic N) is 3. The summed E-state index contributed by atoms with van der Waals surface area (Å²) < 4.78 is 11.5. The van der Waals surface area contributed by atoms with Crippen LogP contribution in [-0.2, 0) is 4.79 Å². The fourth-order valence-corrected chi connectivity index (χ4v) is 4.52. The summed E-state index contributed by atoms with van der Waals surface area (Å²) in [6, 6.07) is 23.2. The minimum Gasteiger partial charge on any atom is -0.490 e. The second-order valence-corrected chi connectivity index (χ2v) is 9.33. The van der Waals surface area contributed by atoms with E-state index in [9.17, 15) is 4.79 Å². The predicted molar refractivity (Wildman–Crippen MR) is 144 cm³/mol. The van der Waals surface area contributed by atoms with Crippen molar-refractivity contribution in [1.29, 1.82) is 5.41 Å².